The number of nitrogens with zero attached hydrogens (tertiary/aromatic N) is 2. The van der Waals surface area contributed by atoms with Crippen LogP contribution >= 0.6 is 0 Å². The van der Waals surface area contributed by atoms with Crippen LogP contribution in [0.2, 0.25) is 0 Å². The quantitative estimate of drug-likeness (QED) is 0.859. The summed E-state index contributed by atoms with van der Waals surface area (Å²) >= 11 is 0. The lowest BCUT2D eigenvalue weighted by Crippen LogP contribution is -2.42. The second kappa shape index (κ2) is 7.80. The summed E-state index contributed by atoms with van der Waals surface area (Å²) in [6.45, 7) is -0.327. The van der Waals surface area contributed by atoms with Gasteiger partial charge in [-0.15, -0.1) is 0 Å². The van der Waals surface area contributed by atoms with Gasteiger partial charge in [0.15, 0.2) is 0 Å². The van der Waals surface area contributed by atoms with Crippen molar-refractivity contribution in [1.82, 2.24) is 5.32 Å². The lowest BCUT2D eigenvalue weighted by molar-refractivity contribution is -0.120. The first-order chi connectivity index (χ1) is 12.9. The Morgan fingerprint density at radius 3 is 2.78 bits per heavy atom. The van der Waals surface area contributed by atoms with Gasteiger partial charge < -0.3 is 5.32 Å². The molecule has 2 aromatic carbocycles. The van der Waals surface area contributed by atoms with Crippen molar-refractivity contribution in [3.05, 3.63) is 65.2 Å². The number of hydrogen-bond donors (Lipinski definition) is 1. The molecule has 2 aromatic rings. The minimum absolute atomic E-state index is 0.116. The van der Waals surface area contributed by atoms with Crippen LogP contribution in [0.5, 0.6) is 0 Å². The SMILES string of the molecule is CS(=O)(=O)N(CC(=O)N[C@@H]1CCCc2ccccc21)c1cccc(C#N)c1. The van der Waals surface area contributed by atoms with Crippen LogP contribution in [0.25, 0.3) is 0 Å². The molecular formula is C20H21N3O3S. The summed E-state index contributed by atoms with van der Waals surface area (Å²) in [4.78, 5) is 12.6. The summed E-state index contributed by atoms with van der Waals surface area (Å²) in [5.74, 6) is -0.371. The molecule has 0 aromatic heterocycles. The number of carbonyl (C=O) groups is 1. The highest BCUT2D eigenvalue weighted by Crippen LogP contribution is 2.29. The first-order valence-corrected chi connectivity index (χ1v) is 10.6. The van der Waals surface area contributed by atoms with E-state index >= 15 is 0 Å². The Hall–Kier alpha value is -2.85. The van der Waals surface area contributed by atoms with Gasteiger partial charge in [0.1, 0.15) is 6.54 Å². The molecule has 1 atom stereocenters. The molecule has 6 nitrogen and oxygen atoms in total. The maximum Gasteiger partial charge on any atom is 0.241 e. The molecule has 0 bridgehead atoms. The molecule has 1 N–H and O–H groups in total. The van der Waals surface area contributed by atoms with Crippen molar-refractivity contribution in [2.24, 2.45) is 0 Å². The second-order valence-corrected chi connectivity index (χ2v) is 8.55. The average molecular weight is 383 g/mol. The van der Waals surface area contributed by atoms with E-state index in [2.05, 4.69) is 11.4 Å². The Balaban J connectivity index is 1.79. The van der Waals surface area contributed by atoms with Gasteiger partial charge in [-0.2, -0.15) is 5.26 Å². The number of aryl methyl sites for hydroxylation is 1. The molecule has 0 aliphatic heterocycles. The zero-order chi connectivity index (χ0) is 19.4. The van der Waals surface area contributed by atoms with E-state index < -0.39 is 10.0 Å². The van der Waals surface area contributed by atoms with E-state index in [9.17, 15) is 13.2 Å². The van der Waals surface area contributed by atoms with Crippen molar-refractivity contribution >= 4 is 21.6 Å². The Morgan fingerprint density at radius 2 is 2.04 bits per heavy atom. The molecule has 3 rings (SSSR count). The molecule has 0 fully saturated rings. The molecule has 0 spiro atoms. The number of amides is 1. The van der Waals surface area contributed by atoms with E-state index in [-0.39, 0.29) is 18.5 Å². The minimum Gasteiger partial charge on any atom is -0.348 e. The molecular weight excluding hydrogens is 362 g/mol. The van der Waals surface area contributed by atoms with Crippen molar-refractivity contribution < 1.29 is 13.2 Å². The van der Waals surface area contributed by atoms with Gasteiger partial charge in [0.25, 0.3) is 0 Å². The van der Waals surface area contributed by atoms with Crippen LogP contribution in [0.4, 0.5) is 5.69 Å². The average Bonchev–Trinajstić information content (AvgIpc) is 2.65. The maximum absolute atomic E-state index is 12.6. The number of anilines is 1. The molecule has 1 aliphatic rings. The summed E-state index contributed by atoms with van der Waals surface area (Å²) in [6.07, 6.45) is 3.84. The standard InChI is InChI=1S/C20H21N3O3S/c1-27(25,26)23(17-9-4-6-15(12-17)13-21)14-20(24)22-19-11-5-8-16-7-2-3-10-18(16)19/h2-4,6-7,9-10,12,19H,5,8,11,14H2,1H3,(H,22,24)/t19-/m1/s1. The number of nitrogens with one attached hydrogen (secondary N) is 1. The van der Waals surface area contributed by atoms with E-state index in [0.717, 1.165) is 35.4 Å². The van der Waals surface area contributed by atoms with Gasteiger partial charge in [0.05, 0.1) is 29.6 Å². The van der Waals surface area contributed by atoms with Crippen LogP contribution in [0.15, 0.2) is 48.5 Å². The second-order valence-electron chi connectivity index (χ2n) is 6.64. The first-order valence-electron chi connectivity index (χ1n) is 8.73. The third-order valence-corrected chi connectivity index (χ3v) is 5.80. The predicted octanol–water partition coefficient (Wildman–Crippen LogP) is 2.52. The van der Waals surface area contributed by atoms with E-state index in [1.54, 1.807) is 18.2 Å². The summed E-state index contributed by atoms with van der Waals surface area (Å²) in [7, 11) is -3.68. The van der Waals surface area contributed by atoms with Crippen LogP contribution in [0.3, 0.4) is 0 Å². The van der Waals surface area contributed by atoms with Crippen LogP contribution < -0.4 is 9.62 Å². The van der Waals surface area contributed by atoms with E-state index in [0.29, 0.717) is 11.3 Å². The van der Waals surface area contributed by atoms with Gasteiger partial charge in [-0.25, -0.2) is 8.42 Å². The number of benzene rings is 2. The fraction of sp³-hybridized carbons (Fsp3) is 0.300. The van der Waals surface area contributed by atoms with Crippen molar-refractivity contribution in [1.29, 1.82) is 5.26 Å². The molecule has 140 valence electrons. The van der Waals surface area contributed by atoms with Crippen LogP contribution in [0.1, 0.15) is 35.6 Å². The molecule has 0 saturated heterocycles. The molecule has 1 aliphatic carbocycles. The molecule has 1 amide bonds. The zero-order valence-corrected chi connectivity index (χ0v) is 15.9. The largest absolute Gasteiger partial charge is 0.348 e. The third-order valence-electron chi connectivity index (χ3n) is 4.66. The highest BCUT2D eigenvalue weighted by atomic mass is 32.2. The van der Waals surface area contributed by atoms with Crippen LogP contribution in [0, 0.1) is 11.3 Å². The first kappa shape index (κ1) is 18.9. The number of rotatable bonds is 5. The van der Waals surface area contributed by atoms with Gasteiger partial charge in [-0.1, -0.05) is 30.3 Å². The van der Waals surface area contributed by atoms with Gasteiger partial charge in [-0.3, -0.25) is 9.10 Å². The normalized spacial score (nSPS) is 16.1. The fourth-order valence-electron chi connectivity index (χ4n) is 3.40. The van der Waals surface area contributed by atoms with Gasteiger partial charge in [0.2, 0.25) is 15.9 Å². The summed E-state index contributed by atoms with van der Waals surface area (Å²) < 4.78 is 25.5. The van der Waals surface area contributed by atoms with Crippen molar-refractivity contribution in [2.75, 3.05) is 17.1 Å². The van der Waals surface area contributed by atoms with Crippen molar-refractivity contribution in [3.63, 3.8) is 0 Å². The highest BCUT2D eigenvalue weighted by molar-refractivity contribution is 7.92. The molecule has 27 heavy (non-hydrogen) atoms. The number of sulfonamides is 1. The number of carbonyl (C=O) groups excluding carboxylic acids is 1. The highest BCUT2D eigenvalue weighted by Gasteiger charge is 2.25. The Kier molecular flexibility index (Phi) is 5.47. The van der Waals surface area contributed by atoms with Crippen molar-refractivity contribution in [2.45, 2.75) is 25.3 Å². The Labute approximate surface area is 159 Å². The van der Waals surface area contributed by atoms with Gasteiger partial charge >= 0.3 is 0 Å². The fourth-order valence-corrected chi connectivity index (χ4v) is 4.25. The predicted molar refractivity (Wildman–Crippen MR) is 104 cm³/mol. The van der Waals surface area contributed by atoms with Crippen LogP contribution in [-0.2, 0) is 21.2 Å². The number of nitriles is 1. The van der Waals surface area contributed by atoms with E-state index in [1.807, 2.05) is 24.3 Å². The smallest absolute Gasteiger partial charge is 0.241 e. The molecule has 0 saturated carbocycles. The number of hydrogen-bond acceptors (Lipinski definition) is 4. The van der Waals surface area contributed by atoms with Gasteiger partial charge in [-0.05, 0) is 48.6 Å². The lowest BCUT2D eigenvalue weighted by Gasteiger charge is -2.28. The van der Waals surface area contributed by atoms with E-state index in [4.69, 9.17) is 5.26 Å². The molecule has 0 heterocycles. The summed E-state index contributed by atoms with van der Waals surface area (Å²) in [5.41, 5.74) is 2.95. The lowest BCUT2D eigenvalue weighted by atomic mass is 9.88. The molecule has 0 unspecified atom stereocenters. The van der Waals surface area contributed by atoms with Crippen molar-refractivity contribution in [3.8, 4) is 6.07 Å². The molecule has 7 heteroatoms. The van der Waals surface area contributed by atoms with Gasteiger partial charge in [0, 0.05) is 0 Å². The zero-order valence-electron chi connectivity index (χ0n) is 15.1. The summed E-state index contributed by atoms with van der Waals surface area (Å²) in [5, 5.41) is 12.0. The third kappa shape index (κ3) is 4.47. The monoisotopic (exact) mass is 383 g/mol. The van der Waals surface area contributed by atoms with E-state index in [1.165, 1.54) is 11.6 Å². The summed E-state index contributed by atoms with van der Waals surface area (Å²) in [6, 6.07) is 16.1. The Bertz CT molecular complexity index is 996. The molecule has 0 radical (unpaired) electrons. The topological polar surface area (TPSA) is 90.3 Å². The minimum atomic E-state index is -3.68. The maximum atomic E-state index is 12.6. The Morgan fingerprint density at radius 1 is 1.26 bits per heavy atom. The number of fused-ring (bicyclic) bond motifs is 1. The van der Waals surface area contributed by atoms with Crippen LogP contribution in [-0.4, -0.2) is 27.1 Å².